The number of benzene rings is 2. The first-order chi connectivity index (χ1) is 17.0. The normalized spacial score (nSPS) is 17.1. The van der Waals surface area contributed by atoms with Crippen molar-refractivity contribution in [1.82, 2.24) is 19.8 Å². The zero-order chi connectivity index (χ0) is 24.4. The van der Waals surface area contributed by atoms with Crippen molar-refractivity contribution < 1.29 is 14.3 Å². The molecule has 5 rings (SSSR count). The number of ether oxygens (including phenoxy) is 2. The van der Waals surface area contributed by atoms with Crippen molar-refractivity contribution >= 4 is 22.6 Å². The number of nitrogens with zero attached hydrogens (tertiary/aromatic N) is 4. The highest BCUT2D eigenvalue weighted by atomic mass is 16.7. The van der Waals surface area contributed by atoms with E-state index in [9.17, 15) is 4.79 Å². The first kappa shape index (κ1) is 23.3. The van der Waals surface area contributed by atoms with Crippen LogP contribution in [0.2, 0.25) is 0 Å². The molecule has 0 spiro atoms. The molecule has 1 saturated heterocycles. The maximum atomic E-state index is 12.0. The van der Waals surface area contributed by atoms with Gasteiger partial charge in [-0.2, -0.15) is 0 Å². The minimum atomic E-state index is -0.501. The lowest BCUT2D eigenvalue weighted by atomic mass is 10.0. The van der Waals surface area contributed by atoms with Crippen LogP contribution in [0.4, 0.5) is 5.82 Å². The molecule has 0 radical (unpaired) electrons. The van der Waals surface area contributed by atoms with Gasteiger partial charge in [0.05, 0.1) is 12.1 Å². The monoisotopic (exact) mass is 476 g/mol. The van der Waals surface area contributed by atoms with Crippen molar-refractivity contribution in [3.63, 3.8) is 0 Å². The van der Waals surface area contributed by atoms with Gasteiger partial charge in [-0.3, -0.25) is 14.6 Å². The Bertz CT molecular complexity index is 1210. The number of amides is 1. The highest BCUT2D eigenvalue weighted by molar-refractivity contribution is 5.91. The third-order valence-corrected chi connectivity index (χ3v) is 6.62. The predicted octanol–water partition coefficient (Wildman–Crippen LogP) is 2.60. The van der Waals surface area contributed by atoms with Crippen LogP contribution >= 0.6 is 0 Å². The van der Waals surface area contributed by atoms with Gasteiger partial charge in [-0.15, -0.1) is 0 Å². The fourth-order valence-corrected chi connectivity index (χ4v) is 4.68. The summed E-state index contributed by atoms with van der Waals surface area (Å²) in [5.41, 5.74) is 7.66. The van der Waals surface area contributed by atoms with E-state index in [0.717, 1.165) is 66.5 Å². The Balaban J connectivity index is 1.26. The summed E-state index contributed by atoms with van der Waals surface area (Å²) in [7, 11) is 0. The number of nitrogens with two attached hydrogens (primary N) is 1. The second-order valence-corrected chi connectivity index (χ2v) is 9.48. The molecule has 3 N–H and O–H groups in total. The molecule has 1 amide bonds. The van der Waals surface area contributed by atoms with Crippen LogP contribution in [0.15, 0.2) is 42.5 Å². The molecule has 2 aliphatic rings. The lowest BCUT2D eigenvalue weighted by Crippen LogP contribution is -2.45. The number of hydrogen-bond acceptors (Lipinski definition) is 8. The molecule has 0 saturated carbocycles. The molecular formula is C26H32N6O3. The summed E-state index contributed by atoms with van der Waals surface area (Å²) in [6, 6.07) is 13.4. The number of carbonyl (C=O) groups is 1. The Hall–Kier alpha value is -3.43. The van der Waals surface area contributed by atoms with E-state index in [1.807, 2.05) is 50.2 Å². The van der Waals surface area contributed by atoms with Gasteiger partial charge in [0.1, 0.15) is 17.7 Å². The Morgan fingerprint density at radius 3 is 2.49 bits per heavy atom. The third kappa shape index (κ3) is 5.16. The molecule has 2 aromatic carbocycles. The molecule has 1 fully saturated rings. The van der Waals surface area contributed by atoms with E-state index in [1.165, 1.54) is 0 Å². The van der Waals surface area contributed by atoms with Crippen LogP contribution in [0.3, 0.4) is 0 Å². The van der Waals surface area contributed by atoms with Crippen LogP contribution in [0.25, 0.3) is 10.9 Å². The Morgan fingerprint density at radius 2 is 1.74 bits per heavy atom. The molecule has 3 aromatic rings. The van der Waals surface area contributed by atoms with Crippen molar-refractivity contribution in [3.05, 3.63) is 53.9 Å². The SMILES string of the molecule is CC(C)[C@H](Nc1nc(CN2CCN(Cc3cccc4c3OCO4)CC2)nc2ccccc12)C(N)=O. The number of nitrogens with one attached hydrogen (secondary N) is 1. The maximum absolute atomic E-state index is 12.0. The lowest BCUT2D eigenvalue weighted by Gasteiger charge is -2.34. The molecule has 2 aliphatic heterocycles. The van der Waals surface area contributed by atoms with Gasteiger partial charge in [-0.05, 0) is 24.1 Å². The average molecular weight is 477 g/mol. The van der Waals surface area contributed by atoms with Crippen LogP contribution in [0.1, 0.15) is 25.2 Å². The van der Waals surface area contributed by atoms with Gasteiger partial charge in [-0.25, -0.2) is 9.97 Å². The fraction of sp³-hybridized carbons (Fsp3) is 0.423. The standard InChI is InChI=1S/C26H32N6O3/c1-17(2)23(25(27)33)30-26-19-7-3-4-8-20(19)28-22(29-26)15-32-12-10-31(11-13-32)14-18-6-5-9-21-24(18)35-16-34-21/h3-9,17,23H,10-16H2,1-2H3,(H2,27,33)(H,28,29,30)/t23-/m0/s1. The molecule has 0 bridgehead atoms. The number of primary amides is 1. The Labute approximate surface area is 205 Å². The summed E-state index contributed by atoms with van der Waals surface area (Å²) in [6.45, 7) is 9.44. The van der Waals surface area contributed by atoms with Crippen molar-refractivity contribution in [2.45, 2.75) is 33.0 Å². The molecule has 1 aromatic heterocycles. The molecule has 0 unspecified atom stereocenters. The van der Waals surface area contributed by atoms with Crippen molar-refractivity contribution in [1.29, 1.82) is 0 Å². The molecular weight excluding hydrogens is 444 g/mol. The topological polar surface area (TPSA) is 106 Å². The van der Waals surface area contributed by atoms with Gasteiger partial charge in [0, 0.05) is 43.7 Å². The number of rotatable bonds is 8. The average Bonchev–Trinajstić information content (AvgIpc) is 3.33. The molecule has 0 aliphatic carbocycles. The van der Waals surface area contributed by atoms with Crippen LogP contribution in [0.5, 0.6) is 11.5 Å². The molecule has 35 heavy (non-hydrogen) atoms. The predicted molar refractivity (Wildman–Crippen MR) is 134 cm³/mol. The quantitative estimate of drug-likeness (QED) is 0.511. The number of piperazine rings is 1. The minimum Gasteiger partial charge on any atom is -0.454 e. The Morgan fingerprint density at radius 1 is 1.00 bits per heavy atom. The van der Waals surface area contributed by atoms with Crippen molar-refractivity contribution in [2.75, 3.05) is 38.3 Å². The van der Waals surface area contributed by atoms with E-state index in [1.54, 1.807) is 0 Å². The smallest absolute Gasteiger partial charge is 0.240 e. The molecule has 9 heteroatoms. The number of carbonyl (C=O) groups excluding carboxylic acids is 1. The number of aromatic nitrogens is 2. The molecule has 9 nitrogen and oxygen atoms in total. The fourth-order valence-electron chi connectivity index (χ4n) is 4.68. The zero-order valence-electron chi connectivity index (χ0n) is 20.2. The molecule has 184 valence electrons. The van der Waals surface area contributed by atoms with E-state index in [-0.39, 0.29) is 11.8 Å². The largest absolute Gasteiger partial charge is 0.454 e. The first-order valence-electron chi connectivity index (χ1n) is 12.1. The summed E-state index contributed by atoms with van der Waals surface area (Å²) in [5.74, 6) is 2.74. The van der Waals surface area contributed by atoms with Gasteiger partial charge in [0.2, 0.25) is 12.7 Å². The number of para-hydroxylation sites is 2. The van der Waals surface area contributed by atoms with Gasteiger partial charge in [0.25, 0.3) is 0 Å². The minimum absolute atomic E-state index is 0.0422. The van der Waals surface area contributed by atoms with Gasteiger partial charge in [0.15, 0.2) is 11.5 Å². The molecule has 1 atom stereocenters. The zero-order valence-corrected chi connectivity index (χ0v) is 20.2. The number of hydrogen-bond donors (Lipinski definition) is 2. The van der Waals surface area contributed by atoms with Gasteiger partial charge < -0.3 is 20.5 Å². The lowest BCUT2D eigenvalue weighted by molar-refractivity contribution is -0.119. The van der Waals surface area contributed by atoms with E-state index in [0.29, 0.717) is 19.2 Å². The first-order valence-corrected chi connectivity index (χ1v) is 12.1. The van der Waals surface area contributed by atoms with E-state index < -0.39 is 6.04 Å². The van der Waals surface area contributed by atoms with Crippen molar-refractivity contribution in [3.8, 4) is 11.5 Å². The summed E-state index contributed by atoms with van der Waals surface area (Å²) >= 11 is 0. The third-order valence-electron chi connectivity index (χ3n) is 6.62. The summed E-state index contributed by atoms with van der Waals surface area (Å²) in [4.78, 5) is 26.4. The van der Waals surface area contributed by atoms with Crippen LogP contribution < -0.4 is 20.5 Å². The second kappa shape index (κ2) is 10.1. The van der Waals surface area contributed by atoms with Crippen LogP contribution in [0, 0.1) is 5.92 Å². The van der Waals surface area contributed by atoms with E-state index in [2.05, 4.69) is 21.2 Å². The number of anilines is 1. The second-order valence-electron chi connectivity index (χ2n) is 9.48. The highest BCUT2D eigenvalue weighted by Gasteiger charge is 2.24. The summed E-state index contributed by atoms with van der Waals surface area (Å²) in [5, 5.41) is 4.16. The highest BCUT2D eigenvalue weighted by Crippen LogP contribution is 2.36. The van der Waals surface area contributed by atoms with Gasteiger partial charge >= 0.3 is 0 Å². The van der Waals surface area contributed by atoms with E-state index in [4.69, 9.17) is 25.2 Å². The van der Waals surface area contributed by atoms with Crippen molar-refractivity contribution in [2.24, 2.45) is 11.7 Å². The maximum Gasteiger partial charge on any atom is 0.240 e. The summed E-state index contributed by atoms with van der Waals surface area (Å²) in [6.07, 6.45) is 0. The van der Waals surface area contributed by atoms with Gasteiger partial charge in [-0.1, -0.05) is 38.1 Å². The van der Waals surface area contributed by atoms with Crippen LogP contribution in [-0.4, -0.2) is 64.7 Å². The number of fused-ring (bicyclic) bond motifs is 2. The summed E-state index contributed by atoms with van der Waals surface area (Å²) < 4.78 is 11.2. The Kier molecular flexibility index (Phi) is 6.70. The molecule has 3 heterocycles. The van der Waals surface area contributed by atoms with Crippen LogP contribution in [-0.2, 0) is 17.9 Å². The van der Waals surface area contributed by atoms with E-state index >= 15 is 0 Å².